The fraction of sp³-hybridized carbons (Fsp3) is 0.900. The first-order valence-corrected chi connectivity index (χ1v) is 4.91. The van der Waals surface area contributed by atoms with Crippen molar-refractivity contribution in [2.24, 2.45) is 0 Å². The van der Waals surface area contributed by atoms with Crippen molar-refractivity contribution in [1.82, 2.24) is 10.6 Å². The van der Waals surface area contributed by atoms with Gasteiger partial charge in [0.25, 0.3) is 0 Å². The molecule has 0 aliphatic carbocycles. The van der Waals surface area contributed by atoms with E-state index in [0.717, 1.165) is 6.42 Å². The maximum Gasteiger partial charge on any atom is 0.240 e. The first-order valence-electron chi connectivity index (χ1n) is 4.91. The highest BCUT2D eigenvalue weighted by Crippen LogP contribution is 2.27. The third-order valence-corrected chi connectivity index (χ3v) is 2.30. The number of hydrogen-bond acceptors (Lipinski definition) is 2. The minimum Gasteiger partial charge on any atom is -0.350 e. The van der Waals surface area contributed by atoms with Crippen molar-refractivity contribution in [3.8, 4) is 0 Å². The van der Waals surface area contributed by atoms with Gasteiger partial charge in [-0.1, -0.05) is 13.8 Å². The van der Waals surface area contributed by atoms with Gasteiger partial charge in [0.1, 0.15) is 0 Å². The van der Waals surface area contributed by atoms with Gasteiger partial charge in [-0.3, -0.25) is 4.79 Å². The van der Waals surface area contributed by atoms with Crippen LogP contribution in [-0.2, 0) is 4.79 Å². The molecule has 0 bridgehead atoms. The Morgan fingerprint density at radius 3 is 1.92 bits per heavy atom. The fourth-order valence-corrected chi connectivity index (χ4v) is 1.66. The van der Waals surface area contributed by atoms with Crippen LogP contribution in [0.25, 0.3) is 0 Å². The Kier molecular flexibility index (Phi) is 3.91. The third-order valence-electron chi connectivity index (χ3n) is 2.30. The molecule has 1 rings (SSSR count). The molecule has 0 aromatic heterocycles. The quantitative estimate of drug-likeness (QED) is 0.648. The van der Waals surface area contributed by atoms with Crippen LogP contribution in [0.2, 0.25) is 0 Å². The first kappa shape index (κ1) is 12.4. The number of nitrogens with one attached hydrogen (secondary N) is 2. The lowest BCUT2D eigenvalue weighted by atomic mass is 9.92. The monoisotopic (exact) mass is 186 g/mol. The van der Waals surface area contributed by atoms with Crippen LogP contribution < -0.4 is 10.6 Å². The molecule has 1 aliphatic heterocycles. The summed E-state index contributed by atoms with van der Waals surface area (Å²) in [5.74, 6) is 0.102. The van der Waals surface area contributed by atoms with Gasteiger partial charge >= 0.3 is 0 Å². The summed E-state index contributed by atoms with van der Waals surface area (Å²) in [4.78, 5) is 11.4. The molecule has 0 aromatic carbocycles. The predicted octanol–water partition coefficient (Wildman–Crippen LogP) is 1.29. The van der Waals surface area contributed by atoms with Gasteiger partial charge in [-0.2, -0.15) is 0 Å². The van der Waals surface area contributed by atoms with E-state index in [-0.39, 0.29) is 17.0 Å². The molecule has 0 radical (unpaired) electrons. The van der Waals surface area contributed by atoms with Crippen LogP contribution in [0.3, 0.4) is 0 Å². The van der Waals surface area contributed by atoms with Crippen molar-refractivity contribution >= 4 is 5.91 Å². The lowest BCUT2D eigenvalue weighted by Crippen LogP contribution is -2.46. The molecule has 13 heavy (non-hydrogen) atoms. The van der Waals surface area contributed by atoms with Crippen LogP contribution in [0.5, 0.6) is 0 Å². The molecule has 1 unspecified atom stereocenters. The normalized spacial score (nSPS) is 30.5. The van der Waals surface area contributed by atoms with Gasteiger partial charge in [0, 0.05) is 5.54 Å². The summed E-state index contributed by atoms with van der Waals surface area (Å²) < 4.78 is 0. The molecule has 1 atom stereocenters. The van der Waals surface area contributed by atoms with E-state index in [9.17, 15) is 4.79 Å². The standard InChI is InChI=1S/C8H16N2O.C2H6/c1-7(2)5-8(3,9-4)6(11)10-7;1-2/h9H,5H2,1-4H3,(H,10,11);1-2H3. The molecule has 0 spiro atoms. The molecular weight excluding hydrogens is 164 g/mol. The number of rotatable bonds is 1. The van der Waals surface area contributed by atoms with E-state index in [4.69, 9.17) is 0 Å². The second-order valence-electron chi connectivity index (χ2n) is 4.10. The Labute approximate surface area is 81.3 Å². The van der Waals surface area contributed by atoms with Crippen LogP contribution in [0, 0.1) is 0 Å². The first-order chi connectivity index (χ1) is 5.90. The van der Waals surface area contributed by atoms with Crippen molar-refractivity contribution in [3.63, 3.8) is 0 Å². The van der Waals surface area contributed by atoms with Crippen LogP contribution in [0.15, 0.2) is 0 Å². The Morgan fingerprint density at radius 1 is 1.31 bits per heavy atom. The van der Waals surface area contributed by atoms with Crippen molar-refractivity contribution < 1.29 is 4.79 Å². The summed E-state index contributed by atoms with van der Waals surface area (Å²) >= 11 is 0. The zero-order valence-electron chi connectivity index (χ0n) is 9.62. The minimum atomic E-state index is -0.372. The average Bonchev–Trinajstić information content (AvgIpc) is 2.26. The van der Waals surface area contributed by atoms with E-state index in [0.29, 0.717) is 0 Å². The second kappa shape index (κ2) is 4.09. The van der Waals surface area contributed by atoms with E-state index in [1.54, 1.807) is 0 Å². The molecule has 0 aromatic rings. The van der Waals surface area contributed by atoms with Gasteiger partial charge in [-0.25, -0.2) is 0 Å². The lowest BCUT2D eigenvalue weighted by Gasteiger charge is -2.21. The average molecular weight is 186 g/mol. The van der Waals surface area contributed by atoms with Crippen LogP contribution in [0.4, 0.5) is 0 Å². The van der Waals surface area contributed by atoms with Crippen LogP contribution in [-0.4, -0.2) is 24.0 Å². The Balaban J connectivity index is 0.000000671. The zero-order valence-corrected chi connectivity index (χ0v) is 9.62. The maximum absolute atomic E-state index is 11.4. The molecule has 1 heterocycles. The highest BCUT2D eigenvalue weighted by molar-refractivity contribution is 5.89. The van der Waals surface area contributed by atoms with Gasteiger partial charge in [0.15, 0.2) is 0 Å². The van der Waals surface area contributed by atoms with Gasteiger partial charge in [0.2, 0.25) is 5.91 Å². The van der Waals surface area contributed by atoms with Gasteiger partial charge in [-0.15, -0.1) is 0 Å². The Hall–Kier alpha value is -0.570. The summed E-state index contributed by atoms with van der Waals surface area (Å²) in [6, 6.07) is 0. The van der Waals surface area contributed by atoms with Gasteiger partial charge in [0.05, 0.1) is 5.54 Å². The van der Waals surface area contributed by atoms with E-state index >= 15 is 0 Å². The highest BCUT2D eigenvalue weighted by atomic mass is 16.2. The summed E-state index contributed by atoms with van der Waals surface area (Å²) in [5, 5.41) is 5.97. The van der Waals surface area contributed by atoms with Gasteiger partial charge in [-0.05, 0) is 34.2 Å². The molecule has 78 valence electrons. The van der Waals surface area contributed by atoms with Crippen LogP contribution in [0.1, 0.15) is 41.0 Å². The third kappa shape index (κ3) is 2.69. The van der Waals surface area contributed by atoms with Crippen molar-refractivity contribution in [1.29, 1.82) is 0 Å². The van der Waals surface area contributed by atoms with E-state index < -0.39 is 0 Å². The molecule has 2 N–H and O–H groups in total. The maximum atomic E-state index is 11.4. The van der Waals surface area contributed by atoms with Gasteiger partial charge < -0.3 is 10.6 Å². The Morgan fingerprint density at radius 2 is 1.77 bits per heavy atom. The van der Waals surface area contributed by atoms with Crippen molar-refractivity contribution in [2.45, 2.75) is 52.1 Å². The predicted molar refractivity (Wildman–Crippen MR) is 55.7 cm³/mol. The molecule has 3 nitrogen and oxygen atoms in total. The SMILES string of the molecule is CC.CNC1(C)CC(C)(C)NC1=O. The van der Waals surface area contributed by atoms with Crippen molar-refractivity contribution in [2.75, 3.05) is 7.05 Å². The summed E-state index contributed by atoms with van der Waals surface area (Å²) in [6.45, 7) is 10.00. The molecule has 1 amide bonds. The van der Waals surface area contributed by atoms with E-state index in [1.807, 2.05) is 41.7 Å². The molecule has 1 saturated heterocycles. The topological polar surface area (TPSA) is 41.1 Å². The molecule has 1 aliphatic rings. The number of carbonyl (C=O) groups excluding carboxylic acids is 1. The van der Waals surface area contributed by atoms with E-state index in [1.165, 1.54) is 0 Å². The smallest absolute Gasteiger partial charge is 0.240 e. The zero-order chi connectivity index (χ0) is 10.7. The molecule has 0 saturated carbocycles. The van der Waals surface area contributed by atoms with Crippen LogP contribution >= 0.6 is 0 Å². The van der Waals surface area contributed by atoms with E-state index in [2.05, 4.69) is 10.6 Å². The largest absolute Gasteiger partial charge is 0.350 e. The molecular formula is C10H22N2O. The lowest BCUT2D eigenvalue weighted by molar-refractivity contribution is -0.124. The number of hydrogen-bond donors (Lipinski definition) is 2. The summed E-state index contributed by atoms with van der Waals surface area (Å²) in [5.41, 5.74) is -0.432. The second-order valence-corrected chi connectivity index (χ2v) is 4.10. The molecule has 1 fully saturated rings. The Bertz CT molecular complexity index is 189. The van der Waals surface area contributed by atoms with Crippen molar-refractivity contribution in [3.05, 3.63) is 0 Å². The molecule has 3 heteroatoms. The highest BCUT2D eigenvalue weighted by Gasteiger charge is 2.45. The minimum absolute atomic E-state index is 0.0607. The number of likely N-dealkylation sites (N-methyl/N-ethyl adjacent to an activating group) is 1. The number of carbonyl (C=O) groups is 1. The number of amides is 1. The fourth-order valence-electron chi connectivity index (χ4n) is 1.66. The summed E-state index contributed by atoms with van der Waals surface area (Å²) in [6.07, 6.45) is 0.843. The summed E-state index contributed by atoms with van der Waals surface area (Å²) in [7, 11) is 1.82.